The zero-order chi connectivity index (χ0) is 15.2. The molecule has 1 aromatic rings. The predicted molar refractivity (Wildman–Crippen MR) is 71.9 cm³/mol. The maximum Gasteiger partial charge on any atom is 0.304 e. The Hall–Kier alpha value is -1.51. The van der Waals surface area contributed by atoms with Crippen LogP contribution in [-0.4, -0.2) is 43.9 Å². The molecule has 0 fully saturated rings. The normalized spacial score (nSPS) is 11.8. The van der Waals surface area contributed by atoms with Gasteiger partial charge in [-0.15, -0.1) is 0 Å². The van der Waals surface area contributed by atoms with Gasteiger partial charge in [-0.25, -0.2) is 9.11 Å². The standard InChI is InChI=1S/C12H17FN2O4S/c1-15(9-7-12(16)17)20(18,19)14-8-6-10-2-4-11(13)5-3-10/h2-5,14H,6-9H2,1H3,(H,16,17). The number of benzene rings is 1. The second-order valence-corrected chi connectivity index (χ2v) is 6.10. The van der Waals surface area contributed by atoms with E-state index in [0.29, 0.717) is 6.42 Å². The summed E-state index contributed by atoms with van der Waals surface area (Å²) in [6, 6.07) is 5.78. The molecule has 0 amide bonds. The Kier molecular flexibility index (Phi) is 6.05. The van der Waals surface area contributed by atoms with E-state index in [-0.39, 0.29) is 25.3 Å². The van der Waals surface area contributed by atoms with Gasteiger partial charge in [0.15, 0.2) is 0 Å². The van der Waals surface area contributed by atoms with Crippen molar-refractivity contribution in [3.63, 3.8) is 0 Å². The molecule has 6 nitrogen and oxygen atoms in total. The number of aliphatic carboxylic acids is 1. The van der Waals surface area contributed by atoms with Crippen LogP contribution < -0.4 is 4.72 Å². The molecule has 8 heteroatoms. The fraction of sp³-hybridized carbons (Fsp3) is 0.417. The van der Waals surface area contributed by atoms with E-state index < -0.39 is 16.2 Å². The number of hydrogen-bond donors (Lipinski definition) is 2. The maximum absolute atomic E-state index is 12.7. The van der Waals surface area contributed by atoms with Gasteiger partial charge in [0.1, 0.15) is 5.82 Å². The van der Waals surface area contributed by atoms with E-state index in [4.69, 9.17) is 5.11 Å². The molecule has 20 heavy (non-hydrogen) atoms. The summed E-state index contributed by atoms with van der Waals surface area (Å²) in [5, 5.41) is 8.50. The van der Waals surface area contributed by atoms with E-state index in [1.807, 2.05) is 0 Å². The number of nitrogens with one attached hydrogen (secondary N) is 1. The molecule has 0 saturated carbocycles. The predicted octanol–water partition coefficient (Wildman–Crippen LogP) is 0.609. The summed E-state index contributed by atoms with van der Waals surface area (Å²) < 4.78 is 39.5. The lowest BCUT2D eigenvalue weighted by Crippen LogP contribution is -2.40. The van der Waals surface area contributed by atoms with Crippen molar-refractivity contribution in [1.82, 2.24) is 9.03 Å². The van der Waals surface area contributed by atoms with Crippen molar-refractivity contribution >= 4 is 16.2 Å². The van der Waals surface area contributed by atoms with Crippen LogP contribution in [0.5, 0.6) is 0 Å². The molecular weight excluding hydrogens is 287 g/mol. The van der Waals surface area contributed by atoms with Crippen LogP contribution in [-0.2, 0) is 21.4 Å². The zero-order valence-corrected chi connectivity index (χ0v) is 11.9. The average Bonchev–Trinajstić information content (AvgIpc) is 2.38. The first-order chi connectivity index (χ1) is 9.31. The van der Waals surface area contributed by atoms with E-state index in [9.17, 15) is 17.6 Å². The average molecular weight is 304 g/mol. The van der Waals surface area contributed by atoms with Gasteiger partial charge in [0, 0.05) is 20.1 Å². The van der Waals surface area contributed by atoms with Gasteiger partial charge in [0.05, 0.1) is 6.42 Å². The van der Waals surface area contributed by atoms with E-state index in [1.54, 1.807) is 12.1 Å². The molecule has 2 N–H and O–H groups in total. The summed E-state index contributed by atoms with van der Waals surface area (Å²) >= 11 is 0. The van der Waals surface area contributed by atoms with Crippen LogP contribution in [0.1, 0.15) is 12.0 Å². The van der Waals surface area contributed by atoms with Gasteiger partial charge in [-0.1, -0.05) is 12.1 Å². The number of carboxylic acids is 1. The van der Waals surface area contributed by atoms with Gasteiger partial charge >= 0.3 is 5.97 Å². The first kappa shape index (κ1) is 16.5. The SMILES string of the molecule is CN(CCC(=O)O)S(=O)(=O)NCCc1ccc(F)cc1. The highest BCUT2D eigenvalue weighted by Gasteiger charge is 2.17. The van der Waals surface area contributed by atoms with Gasteiger partial charge in [-0.3, -0.25) is 4.79 Å². The number of carbonyl (C=O) groups is 1. The quantitative estimate of drug-likeness (QED) is 0.736. The molecular formula is C12H17FN2O4S. The molecule has 0 aliphatic heterocycles. The summed E-state index contributed by atoms with van der Waals surface area (Å²) in [5.41, 5.74) is 0.808. The number of rotatable bonds is 8. The van der Waals surface area contributed by atoms with Crippen LogP contribution in [0.15, 0.2) is 24.3 Å². The first-order valence-corrected chi connectivity index (χ1v) is 7.42. The number of nitrogens with zero attached hydrogens (tertiary/aromatic N) is 1. The Bertz CT molecular complexity index is 545. The second kappa shape index (κ2) is 7.32. The van der Waals surface area contributed by atoms with E-state index in [0.717, 1.165) is 9.87 Å². The minimum absolute atomic E-state index is 0.0960. The third-order valence-corrected chi connectivity index (χ3v) is 4.23. The fourth-order valence-corrected chi connectivity index (χ4v) is 2.37. The molecule has 1 aromatic carbocycles. The number of hydrogen-bond acceptors (Lipinski definition) is 3. The molecule has 0 heterocycles. The smallest absolute Gasteiger partial charge is 0.304 e. The Balaban J connectivity index is 2.43. The Morgan fingerprint density at radius 3 is 2.50 bits per heavy atom. The third-order valence-electron chi connectivity index (χ3n) is 2.66. The van der Waals surface area contributed by atoms with Crippen LogP contribution in [0, 0.1) is 5.82 Å². The zero-order valence-electron chi connectivity index (χ0n) is 11.0. The monoisotopic (exact) mass is 304 g/mol. The Morgan fingerprint density at radius 2 is 1.95 bits per heavy atom. The topological polar surface area (TPSA) is 86.7 Å². The first-order valence-electron chi connectivity index (χ1n) is 5.98. The number of carboxylic acid groups (broad SMARTS) is 1. The number of halogens is 1. The van der Waals surface area contributed by atoms with Crippen LogP contribution >= 0.6 is 0 Å². The van der Waals surface area contributed by atoms with Crippen molar-refractivity contribution < 1.29 is 22.7 Å². The van der Waals surface area contributed by atoms with Gasteiger partial charge in [0.2, 0.25) is 0 Å². The lowest BCUT2D eigenvalue weighted by atomic mass is 10.1. The summed E-state index contributed by atoms with van der Waals surface area (Å²) in [6.45, 7) is 0.0621. The lowest BCUT2D eigenvalue weighted by molar-refractivity contribution is -0.137. The van der Waals surface area contributed by atoms with Crippen molar-refractivity contribution in [1.29, 1.82) is 0 Å². The molecule has 1 rings (SSSR count). The molecule has 0 radical (unpaired) electrons. The largest absolute Gasteiger partial charge is 0.481 e. The van der Waals surface area contributed by atoms with Gasteiger partial charge in [-0.2, -0.15) is 12.7 Å². The molecule has 0 atom stereocenters. The molecule has 112 valence electrons. The van der Waals surface area contributed by atoms with Crippen molar-refractivity contribution in [3.05, 3.63) is 35.6 Å². The second-order valence-electron chi connectivity index (χ2n) is 4.24. The Labute approximate surface area is 117 Å². The summed E-state index contributed by atoms with van der Waals surface area (Å²) in [5.74, 6) is -1.40. The van der Waals surface area contributed by atoms with Crippen molar-refractivity contribution in [2.24, 2.45) is 0 Å². The summed E-state index contributed by atoms with van der Waals surface area (Å²) in [4.78, 5) is 10.4. The van der Waals surface area contributed by atoms with Crippen molar-refractivity contribution in [2.45, 2.75) is 12.8 Å². The van der Waals surface area contributed by atoms with Gasteiger partial charge in [0.25, 0.3) is 10.2 Å². The van der Waals surface area contributed by atoms with E-state index in [2.05, 4.69) is 4.72 Å². The highest BCUT2D eigenvalue weighted by Crippen LogP contribution is 2.03. The molecule has 0 saturated heterocycles. The van der Waals surface area contributed by atoms with Crippen LogP contribution in [0.3, 0.4) is 0 Å². The van der Waals surface area contributed by atoms with E-state index >= 15 is 0 Å². The van der Waals surface area contributed by atoms with Crippen LogP contribution in [0.4, 0.5) is 4.39 Å². The van der Waals surface area contributed by atoms with Crippen LogP contribution in [0.2, 0.25) is 0 Å². The Morgan fingerprint density at radius 1 is 1.35 bits per heavy atom. The molecule has 0 unspecified atom stereocenters. The molecule has 0 aromatic heterocycles. The van der Waals surface area contributed by atoms with Crippen molar-refractivity contribution in [3.8, 4) is 0 Å². The fourth-order valence-electron chi connectivity index (χ4n) is 1.46. The van der Waals surface area contributed by atoms with Gasteiger partial charge in [-0.05, 0) is 24.1 Å². The lowest BCUT2D eigenvalue weighted by Gasteiger charge is -2.16. The highest BCUT2D eigenvalue weighted by atomic mass is 32.2. The molecule has 0 spiro atoms. The van der Waals surface area contributed by atoms with Gasteiger partial charge < -0.3 is 5.11 Å². The minimum Gasteiger partial charge on any atom is -0.481 e. The molecule has 0 aliphatic rings. The highest BCUT2D eigenvalue weighted by molar-refractivity contribution is 7.87. The maximum atomic E-state index is 12.7. The minimum atomic E-state index is -3.69. The summed E-state index contributed by atoms with van der Waals surface area (Å²) in [6.07, 6.45) is 0.168. The molecule has 0 bridgehead atoms. The molecule has 0 aliphatic carbocycles. The van der Waals surface area contributed by atoms with E-state index in [1.165, 1.54) is 19.2 Å². The van der Waals surface area contributed by atoms with Crippen molar-refractivity contribution in [2.75, 3.05) is 20.1 Å². The van der Waals surface area contributed by atoms with Crippen LogP contribution in [0.25, 0.3) is 0 Å². The summed E-state index contributed by atoms with van der Waals surface area (Å²) in [7, 11) is -2.38. The third kappa shape index (κ3) is 5.64.